The molecule has 6 nitrogen and oxygen atoms in total. The molecule has 166 valence electrons. The normalized spacial score (nSPS) is 20.9. The molecule has 0 aromatic carbocycles. The van der Waals surface area contributed by atoms with Crippen molar-refractivity contribution in [3.05, 3.63) is 23.9 Å². The van der Waals surface area contributed by atoms with Gasteiger partial charge in [0.15, 0.2) is 0 Å². The second-order valence-corrected chi connectivity index (χ2v) is 8.23. The third-order valence-corrected chi connectivity index (χ3v) is 6.23. The molecule has 2 saturated heterocycles. The second-order valence-electron chi connectivity index (χ2n) is 8.23. The number of carbonyl (C=O) groups is 2. The lowest BCUT2D eigenvalue weighted by Gasteiger charge is -2.38. The van der Waals surface area contributed by atoms with Crippen molar-refractivity contribution in [2.75, 3.05) is 37.6 Å². The van der Waals surface area contributed by atoms with Crippen molar-refractivity contribution in [1.29, 1.82) is 0 Å². The molecule has 1 aromatic heterocycles. The van der Waals surface area contributed by atoms with Crippen molar-refractivity contribution < 1.29 is 22.8 Å². The molecule has 2 fully saturated rings. The number of pyridine rings is 1. The average molecular weight is 426 g/mol. The highest BCUT2D eigenvalue weighted by Crippen LogP contribution is 2.30. The molecule has 3 rings (SSSR count). The Balaban J connectivity index is 1.51. The molecular weight excluding hydrogens is 397 g/mol. The average Bonchev–Trinajstić information content (AvgIpc) is 2.74. The van der Waals surface area contributed by atoms with Crippen LogP contribution in [0.2, 0.25) is 0 Å². The van der Waals surface area contributed by atoms with E-state index in [0.29, 0.717) is 31.4 Å². The van der Waals surface area contributed by atoms with Gasteiger partial charge in [0.1, 0.15) is 5.82 Å². The van der Waals surface area contributed by atoms with Crippen LogP contribution in [0.3, 0.4) is 0 Å². The molecule has 0 spiro atoms. The van der Waals surface area contributed by atoms with E-state index in [1.807, 2.05) is 14.7 Å². The summed E-state index contributed by atoms with van der Waals surface area (Å²) >= 11 is 0. The zero-order valence-electron chi connectivity index (χ0n) is 17.3. The van der Waals surface area contributed by atoms with E-state index in [4.69, 9.17) is 0 Å². The van der Waals surface area contributed by atoms with Crippen molar-refractivity contribution in [2.45, 2.75) is 51.2 Å². The highest BCUT2D eigenvalue weighted by molar-refractivity contribution is 5.73. The van der Waals surface area contributed by atoms with Gasteiger partial charge in [0.05, 0.1) is 5.56 Å². The summed E-state index contributed by atoms with van der Waals surface area (Å²) in [5.74, 6) is 1.00. The summed E-state index contributed by atoms with van der Waals surface area (Å²) < 4.78 is 38.2. The molecule has 0 bridgehead atoms. The number of halogens is 3. The Bertz CT molecular complexity index is 718. The van der Waals surface area contributed by atoms with E-state index in [0.717, 1.165) is 63.9 Å². The summed E-state index contributed by atoms with van der Waals surface area (Å²) in [6.07, 6.45) is 1.84. The van der Waals surface area contributed by atoms with Crippen molar-refractivity contribution in [3.8, 4) is 0 Å². The van der Waals surface area contributed by atoms with E-state index in [1.165, 1.54) is 6.07 Å². The number of anilines is 1. The topological polar surface area (TPSA) is 56.8 Å². The Kier molecular flexibility index (Phi) is 7.20. The fourth-order valence-electron chi connectivity index (χ4n) is 4.41. The molecule has 0 saturated carbocycles. The standard InChI is InChI=1S/C21H29F3N4O2/c1-16(30)26-11-7-19(8-12-26)28(15-29)10-6-17-3-2-9-27(14-17)20-5-4-18(13-25-20)21(22,23)24/h4-5,13,15,17,19H,2-3,6-12,14H2,1H3. The van der Waals surface area contributed by atoms with Gasteiger partial charge >= 0.3 is 6.18 Å². The number of nitrogens with zero attached hydrogens (tertiary/aromatic N) is 4. The number of piperidine rings is 2. The van der Waals surface area contributed by atoms with Gasteiger partial charge in [-0.1, -0.05) is 0 Å². The molecule has 0 radical (unpaired) electrons. The second kappa shape index (κ2) is 9.66. The van der Waals surface area contributed by atoms with E-state index in [-0.39, 0.29) is 11.9 Å². The Morgan fingerprint density at radius 3 is 2.53 bits per heavy atom. The summed E-state index contributed by atoms with van der Waals surface area (Å²) in [5, 5.41) is 0. The minimum atomic E-state index is -4.38. The SMILES string of the molecule is CC(=O)N1CCC(N(C=O)CCC2CCCN(c3ccc(C(F)(F)F)cn3)C2)CC1. The number of rotatable bonds is 6. The number of alkyl halides is 3. The molecule has 3 heterocycles. The van der Waals surface area contributed by atoms with E-state index in [9.17, 15) is 22.8 Å². The maximum absolute atomic E-state index is 12.7. The summed E-state index contributed by atoms with van der Waals surface area (Å²) in [6.45, 7) is 5.09. The van der Waals surface area contributed by atoms with Crippen LogP contribution in [0, 0.1) is 5.92 Å². The number of carbonyl (C=O) groups excluding carboxylic acids is 2. The largest absolute Gasteiger partial charge is 0.417 e. The molecule has 1 unspecified atom stereocenters. The van der Waals surface area contributed by atoms with Crippen LogP contribution in [0.1, 0.15) is 44.6 Å². The van der Waals surface area contributed by atoms with E-state index >= 15 is 0 Å². The first-order valence-electron chi connectivity index (χ1n) is 10.5. The van der Waals surface area contributed by atoms with Crippen LogP contribution in [0.4, 0.5) is 19.0 Å². The maximum Gasteiger partial charge on any atom is 0.417 e. The quantitative estimate of drug-likeness (QED) is 0.656. The lowest BCUT2D eigenvalue weighted by Crippen LogP contribution is -2.46. The molecular formula is C21H29F3N4O2. The van der Waals surface area contributed by atoms with Crippen LogP contribution in [0.25, 0.3) is 0 Å². The van der Waals surface area contributed by atoms with E-state index < -0.39 is 11.7 Å². The number of likely N-dealkylation sites (tertiary alicyclic amines) is 1. The minimum Gasteiger partial charge on any atom is -0.356 e. The molecule has 0 aliphatic carbocycles. The molecule has 2 amide bonds. The number of aromatic nitrogens is 1. The molecule has 1 atom stereocenters. The fourth-order valence-corrected chi connectivity index (χ4v) is 4.41. The maximum atomic E-state index is 12.7. The van der Waals surface area contributed by atoms with Crippen molar-refractivity contribution in [3.63, 3.8) is 0 Å². The van der Waals surface area contributed by atoms with Crippen molar-refractivity contribution in [1.82, 2.24) is 14.8 Å². The minimum absolute atomic E-state index is 0.0743. The monoisotopic (exact) mass is 426 g/mol. The number of amides is 2. The zero-order valence-corrected chi connectivity index (χ0v) is 17.3. The van der Waals surface area contributed by atoms with Crippen LogP contribution in [-0.4, -0.2) is 65.9 Å². The first-order chi connectivity index (χ1) is 14.3. The first-order valence-corrected chi connectivity index (χ1v) is 10.5. The molecule has 30 heavy (non-hydrogen) atoms. The fraction of sp³-hybridized carbons (Fsp3) is 0.667. The predicted octanol–water partition coefficient (Wildman–Crippen LogP) is 3.18. The van der Waals surface area contributed by atoms with Gasteiger partial charge in [0.2, 0.25) is 12.3 Å². The van der Waals surface area contributed by atoms with Gasteiger partial charge < -0.3 is 14.7 Å². The van der Waals surface area contributed by atoms with Crippen LogP contribution >= 0.6 is 0 Å². The predicted molar refractivity (Wildman–Crippen MR) is 107 cm³/mol. The third kappa shape index (κ3) is 5.64. The molecule has 2 aliphatic heterocycles. The summed E-state index contributed by atoms with van der Waals surface area (Å²) in [6, 6.07) is 2.67. The van der Waals surface area contributed by atoms with Crippen LogP contribution in [0.5, 0.6) is 0 Å². The van der Waals surface area contributed by atoms with Gasteiger partial charge in [-0.05, 0) is 50.2 Å². The number of hydrogen-bond acceptors (Lipinski definition) is 4. The van der Waals surface area contributed by atoms with Gasteiger partial charge in [-0.2, -0.15) is 13.2 Å². The summed E-state index contributed by atoms with van der Waals surface area (Å²) in [7, 11) is 0. The third-order valence-electron chi connectivity index (χ3n) is 6.23. The van der Waals surface area contributed by atoms with Crippen LogP contribution < -0.4 is 4.90 Å². The lowest BCUT2D eigenvalue weighted by atomic mass is 9.94. The summed E-state index contributed by atoms with van der Waals surface area (Å²) in [4.78, 5) is 32.8. The molecule has 0 N–H and O–H groups in total. The molecule has 1 aromatic rings. The lowest BCUT2D eigenvalue weighted by molar-refractivity contribution is -0.138. The van der Waals surface area contributed by atoms with Gasteiger partial charge in [-0.15, -0.1) is 0 Å². The Labute approximate surface area is 175 Å². The van der Waals surface area contributed by atoms with E-state index in [1.54, 1.807) is 6.92 Å². The van der Waals surface area contributed by atoms with Crippen LogP contribution in [-0.2, 0) is 15.8 Å². The highest BCUT2D eigenvalue weighted by atomic mass is 19.4. The van der Waals surface area contributed by atoms with Crippen LogP contribution in [0.15, 0.2) is 18.3 Å². The Morgan fingerprint density at radius 1 is 1.23 bits per heavy atom. The molecule has 2 aliphatic rings. The summed E-state index contributed by atoms with van der Waals surface area (Å²) in [5.41, 5.74) is -0.739. The molecule has 9 heteroatoms. The Morgan fingerprint density at radius 2 is 1.97 bits per heavy atom. The van der Waals surface area contributed by atoms with Gasteiger partial charge in [-0.3, -0.25) is 9.59 Å². The zero-order chi connectivity index (χ0) is 21.7. The van der Waals surface area contributed by atoms with Crippen molar-refractivity contribution >= 4 is 18.1 Å². The number of hydrogen-bond donors (Lipinski definition) is 0. The highest BCUT2D eigenvalue weighted by Gasteiger charge is 2.31. The van der Waals surface area contributed by atoms with Gasteiger partial charge in [0, 0.05) is 51.9 Å². The first kappa shape index (κ1) is 22.4. The van der Waals surface area contributed by atoms with Crippen molar-refractivity contribution in [2.24, 2.45) is 5.92 Å². The smallest absolute Gasteiger partial charge is 0.356 e. The van der Waals surface area contributed by atoms with Gasteiger partial charge in [0.25, 0.3) is 0 Å². The van der Waals surface area contributed by atoms with Gasteiger partial charge in [-0.25, -0.2) is 4.98 Å². The van der Waals surface area contributed by atoms with E-state index in [2.05, 4.69) is 4.98 Å². The Hall–Kier alpha value is -2.32.